The molecular weight excluding hydrogens is 290 g/mol. The second-order valence-electron chi connectivity index (χ2n) is 5.77. The topological polar surface area (TPSA) is 41.9 Å². The number of aliphatic hydroxyl groups is 1. The molecule has 3 atom stereocenters. The molecule has 5 heteroatoms. The zero-order valence-corrected chi connectivity index (χ0v) is 13.4. The Morgan fingerprint density at radius 3 is 2.52 bits per heavy atom. The van der Waals surface area contributed by atoms with Gasteiger partial charge >= 0.3 is 0 Å². The fourth-order valence-electron chi connectivity index (χ4n) is 2.68. The van der Waals surface area contributed by atoms with E-state index in [2.05, 4.69) is 18.7 Å². The molecule has 118 valence electrons. The van der Waals surface area contributed by atoms with E-state index in [1.807, 2.05) is 24.3 Å². The molecule has 1 N–H and O–H groups in total. The first-order chi connectivity index (χ1) is 10.0. The van der Waals surface area contributed by atoms with Crippen molar-refractivity contribution >= 4 is 11.6 Å². The van der Waals surface area contributed by atoms with Gasteiger partial charge in [-0.3, -0.25) is 4.90 Å². The van der Waals surface area contributed by atoms with Crippen LogP contribution in [-0.4, -0.2) is 54.6 Å². The van der Waals surface area contributed by atoms with E-state index in [1.165, 1.54) is 0 Å². The summed E-state index contributed by atoms with van der Waals surface area (Å²) in [5, 5.41) is 10.8. The number of nitrogens with zero attached hydrogens (tertiary/aromatic N) is 1. The highest BCUT2D eigenvalue weighted by Crippen LogP contribution is 2.12. The molecule has 0 aromatic heterocycles. The van der Waals surface area contributed by atoms with Gasteiger partial charge < -0.3 is 14.6 Å². The van der Waals surface area contributed by atoms with Crippen molar-refractivity contribution in [3.05, 3.63) is 34.9 Å². The van der Waals surface area contributed by atoms with Crippen LogP contribution in [0, 0.1) is 0 Å². The van der Waals surface area contributed by atoms with Crippen LogP contribution in [0.5, 0.6) is 0 Å². The molecule has 0 radical (unpaired) electrons. The van der Waals surface area contributed by atoms with Gasteiger partial charge in [-0.25, -0.2) is 0 Å². The smallest absolute Gasteiger partial charge is 0.0900 e. The SMILES string of the molecule is CC1CN(CC(O)COCc2ccc(Cl)cc2)CC(C)O1. The van der Waals surface area contributed by atoms with Crippen molar-refractivity contribution in [1.29, 1.82) is 0 Å². The number of morpholine rings is 1. The van der Waals surface area contributed by atoms with Crippen LogP contribution in [0.2, 0.25) is 5.02 Å². The largest absolute Gasteiger partial charge is 0.389 e. The number of benzene rings is 1. The number of aliphatic hydroxyl groups excluding tert-OH is 1. The number of hydrogen-bond acceptors (Lipinski definition) is 4. The highest BCUT2D eigenvalue weighted by molar-refractivity contribution is 6.30. The molecule has 1 aromatic carbocycles. The maximum atomic E-state index is 10.1. The van der Waals surface area contributed by atoms with Crippen molar-refractivity contribution in [2.75, 3.05) is 26.2 Å². The minimum Gasteiger partial charge on any atom is -0.389 e. The zero-order valence-electron chi connectivity index (χ0n) is 12.7. The summed E-state index contributed by atoms with van der Waals surface area (Å²) in [6.45, 7) is 7.29. The third kappa shape index (κ3) is 5.93. The summed E-state index contributed by atoms with van der Waals surface area (Å²) in [7, 11) is 0. The fraction of sp³-hybridized carbons (Fsp3) is 0.625. The lowest BCUT2D eigenvalue weighted by molar-refractivity contribution is -0.0826. The summed E-state index contributed by atoms with van der Waals surface area (Å²) in [5.74, 6) is 0. The van der Waals surface area contributed by atoms with E-state index < -0.39 is 6.10 Å². The normalized spacial score (nSPS) is 25.0. The molecule has 0 amide bonds. The number of rotatable bonds is 6. The quantitative estimate of drug-likeness (QED) is 0.875. The molecule has 1 fully saturated rings. The maximum Gasteiger partial charge on any atom is 0.0900 e. The van der Waals surface area contributed by atoms with Gasteiger partial charge in [0.2, 0.25) is 0 Å². The molecule has 1 aromatic rings. The molecule has 0 bridgehead atoms. The maximum absolute atomic E-state index is 10.1. The van der Waals surface area contributed by atoms with Crippen molar-refractivity contribution in [2.24, 2.45) is 0 Å². The van der Waals surface area contributed by atoms with Crippen molar-refractivity contribution < 1.29 is 14.6 Å². The van der Waals surface area contributed by atoms with Crippen LogP contribution in [0.4, 0.5) is 0 Å². The highest BCUT2D eigenvalue weighted by atomic mass is 35.5. The molecule has 1 aliphatic rings. The molecule has 1 aliphatic heterocycles. The minimum absolute atomic E-state index is 0.218. The Hall–Kier alpha value is -0.650. The lowest BCUT2D eigenvalue weighted by Crippen LogP contribution is -2.48. The molecule has 21 heavy (non-hydrogen) atoms. The zero-order chi connectivity index (χ0) is 15.2. The lowest BCUT2D eigenvalue weighted by Gasteiger charge is -2.36. The van der Waals surface area contributed by atoms with Gasteiger partial charge in [0.15, 0.2) is 0 Å². The Kier molecular flexibility index (Phi) is 6.45. The number of β-amino-alcohol motifs (C(OH)–C–C–N with tert-alkyl or cyclic N) is 1. The average Bonchev–Trinajstić information content (AvgIpc) is 2.39. The van der Waals surface area contributed by atoms with Crippen LogP contribution < -0.4 is 0 Å². The van der Waals surface area contributed by atoms with Crippen molar-refractivity contribution in [1.82, 2.24) is 4.90 Å². The van der Waals surface area contributed by atoms with E-state index in [-0.39, 0.29) is 12.2 Å². The van der Waals surface area contributed by atoms with Gasteiger partial charge in [0, 0.05) is 24.7 Å². The van der Waals surface area contributed by atoms with E-state index >= 15 is 0 Å². The molecule has 3 unspecified atom stereocenters. The van der Waals surface area contributed by atoms with Crippen LogP contribution in [-0.2, 0) is 16.1 Å². The van der Waals surface area contributed by atoms with Gasteiger partial charge in [-0.05, 0) is 31.5 Å². The molecule has 0 aliphatic carbocycles. The van der Waals surface area contributed by atoms with Crippen LogP contribution in [0.3, 0.4) is 0 Å². The molecule has 2 rings (SSSR count). The van der Waals surface area contributed by atoms with E-state index in [0.717, 1.165) is 18.7 Å². The van der Waals surface area contributed by atoms with Gasteiger partial charge in [0.25, 0.3) is 0 Å². The summed E-state index contributed by atoms with van der Waals surface area (Å²) in [5.41, 5.74) is 1.06. The van der Waals surface area contributed by atoms with Crippen LogP contribution in [0.1, 0.15) is 19.4 Å². The number of halogens is 1. The Bertz CT molecular complexity index is 416. The third-order valence-corrected chi connectivity index (χ3v) is 3.71. The molecule has 4 nitrogen and oxygen atoms in total. The highest BCUT2D eigenvalue weighted by Gasteiger charge is 2.23. The second-order valence-corrected chi connectivity index (χ2v) is 6.21. The molecule has 0 spiro atoms. The number of hydrogen-bond donors (Lipinski definition) is 1. The summed E-state index contributed by atoms with van der Waals surface area (Å²) in [6, 6.07) is 7.54. The predicted molar refractivity (Wildman–Crippen MR) is 83.6 cm³/mol. The minimum atomic E-state index is -0.477. The van der Waals surface area contributed by atoms with Gasteiger partial charge in [-0.2, -0.15) is 0 Å². The van der Waals surface area contributed by atoms with Crippen molar-refractivity contribution in [3.63, 3.8) is 0 Å². The van der Waals surface area contributed by atoms with E-state index in [9.17, 15) is 5.11 Å². The standard InChI is InChI=1S/C16H24ClNO3/c1-12-7-18(8-13(2)21-12)9-16(19)11-20-10-14-3-5-15(17)6-4-14/h3-6,12-13,16,19H,7-11H2,1-2H3. The Morgan fingerprint density at radius 1 is 1.29 bits per heavy atom. The van der Waals surface area contributed by atoms with Gasteiger partial charge in [0.05, 0.1) is 31.5 Å². The summed E-state index contributed by atoms with van der Waals surface area (Å²) in [6.07, 6.45) is -0.0401. The Balaban J connectivity index is 1.67. The lowest BCUT2D eigenvalue weighted by atomic mass is 10.2. The molecule has 1 saturated heterocycles. The van der Waals surface area contributed by atoms with Crippen molar-refractivity contribution in [2.45, 2.75) is 38.8 Å². The van der Waals surface area contributed by atoms with E-state index in [0.29, 0.717) is 24.8 Å². The van der Waals surface area contributed by atoms with E-state index in [1.54, 1.807) is 0 Å². The number of ether oxygens (including phenoxy) is 2. The predicted octanol–water partition coefficient (Wildman–Crippen LogP) is 2.33. The third-order valence-electron chi connectivity index (χ3n) is 3.46. The van der Waals surface area contributed by atoms with Crippen LogP contribution >= 0.6 is 11.6 Å². The monoisotopic (exact) mass is 313 g/mol. The van der Waals surface area contributed by atoms with Gasteiger partial charge in [-0.15, -0.1) is 0 Å². The van der Waals surface area contributed by atoms with Crippen LogP contribution in [0.25, 0.3) is 0 Å². The average molecular weight is 314 g/mol. The summed E-state index contributed by atoms with van der Waals surface area (Å²) >= 11 is 5.83. The molecule has 0 saturated carbocycles. The van der Waals surface area contributed by atoms with E-state index in [4.69, 9.17) is 21.1 Å². The first-order valence-corrected chi connectivity index (χ1v) is 7.79. The summed E-state index contributed by atoms with van der Waals surface area (Å²) in [4.78, 5) is 2.23. The van der Waals surface area contributed by atoms with Crippen molar-refractivity contribution in [3.8, 4) is 0 Å². The van der Waals surface area contributed by atoms with Crippen LogP contribution in [0.15, 0.2) is 24.3 Å². The Morgan fingerprint density at radius 2 is 1.90 bits per heavy atom. The van der Waals surface area contributed by atoms with Gasteiger partial charge in [-0.1, -0.05) is 23.7 Å². The first kappa shape index (κ1) is 16.7. The van der Waals surface area contributed by atoms with Gasteiger partial charge in [0.1, 0.15) is 0 Å². The molecular formula is C16H24ClNO3. The summed E-state index contributed by atoms with van der Waals surface area (Å²) < 4.78 is 11.2. The molecule has 1 heterocycles. The Labute approximate surface area is 131 Å². The fourth-order valence-corrected chi connectivity index (χ4v) is 2.80. The second kappa shape index (κ2) is 8.11. The first-order valence-electron chi connectivity index (χ1n) is 7.41.